The summed E-state index contributed by atoms with van der Waals surface area (Å²) in [4.78, 5) is 16.8. The van der Waals surface area contributed by atoms with Gasteiger partial charge in [0.25, 0.3) is 0 Å². The van der Waals surface area contributed by atoms with E-state index in [1.165, 1.54) is 19.3 Å². The van der Waals surface area contributed by atoms with Crippen molar-refractivity contribution in [1.29, 1.82) is 0 Å². The topological polar surface area (TPSA) is 49.6 Å². The van der Waals surface area contributed by atoms with E-state index in [-0.39, 0.29) is 6.03 Å². The number of urea groups is 1. The standard InChI is InChI=1S/C15H29N3O/c1-13-7-10-17(11-8-13)15(19)18(12-9-16)14-5-3-2-4-6-14/h13-14H,2-12,16H2,1H3. The normalized spacial score (nSPS) is 22.5. The SMILES string of the molecule is CC1CCN(C(=O)N(CCN)C2CCCCC2)CC1. The zero-order chi connectivity index (χ0) is 13.7. The van der Waals surface area contributed by atoms with Crippen molar-refractivity contribution >= 4 is 6.03 Å². The number of nitrogens with two attached hydrogens (primary N) is 1. The van der Waals surface area contributed by atoms with Crippen LogP contribution in [0, 0.1) is 5.92 Å². The number of likely N-dealkylation sites (tertiary alicyclic amines) is 1. The third kappa shape index (κ3) is 3.85. The van der Waals surface area contributed by atoms with Gasteiger partial charge in [0.1, 0.15) is 0 Å². The molecule has 1 saturated heterocycles. The van der Waals surface area contributed by atoms with Crippen LogP contribution in [0.2, 0.25) is 0 Å². The molecule has 2 aliphatic rings. The van der Waals surface area contributed by atoms with E-state index in [0.29, 0.717) is 12.6 Å². The summed E-state index contributed by atoms with van der Waals surface area (Å²) in [5.74, 6) is 0.765. The van der Waals surface area contributed by atoms with E-state index in [4.69, 9.17) is 5.73 Å². The number of hydrogen-bond donors (Lipinski definition) is 1. The van der Waals surface area contributed by atoms with Gasteiger partial charge in [-0.25, -0.2) is 4.79 Å². The van der Waals surface area contributed by atoms with Gasteiger partial charge in [-0.1, -0.05) is 26.2 Å². The van der Waals surface area contributed by atoms with E-state index in [1.54, 1.807) is 0 Å². The zero-order valence-corrected chi connectivity index (χ0v) is 12.3. The van der Waals surface area contributed by atoms with E-state index >= 15 is 0 Å². The van der Waals surface area contributed by atoms with Crippen molar-refractivity contribution in [3.05, 3.63) is 0 Å². The maximum Gasteiger partial charge on any atom is 0.320 e. The Bertz CT molecular complexity index is 281. The lowest BCUT2D eigenvalue weighted by molar-refractivity contribution is 0.108. The number of hydrogen-bond acceptors (Lipinski definition) is 2. The molecule has 0 aromatic carbocycles. The predicted molar refractivity (Wildman–Crippen MR) is 78.0 cm³/mol. The minimum absolute atomic E-state index is 0.240. The summed E-state index contributed by atoms with van der Waals surface area (Å²) in [5, 5.41) is 0. The van der Waals surface area contributed by atoms with Gasteiger partial charge in [0.05, 0.1) is 0 Å². The van der Waals surface area contributed by atoms with Crippen LogP contribution in [0.25, 0.3) is 0 Å². The number of carbonyl (C=O) groups excluding carboxylic acids is 1. The van der Waals surface area contributed by atoms with Crippen molar-refractivity contribution in [2.75, 3.05) is 26.2 Å². The first kappa shape index (κ1) is 14.6. The maximum absolute atomic E-state index is 12.7. The van der Waals surface area contributed by atoms with E-state index in [1.807, 2.05) is 4.90 Å². The Balaban J connectivity index is 1.95. The van der Waals surface area contributed by atoms with Gasteiger partial charge in [-0.15, -0.1) is 0 Å². The van der Waals surface area contributed by atoms with Gasteiger partial charge in [-0.3, -0.25) is 0 Å². The van der Waals surface area contributed by atoms with Gasteiger partial charge < -0.3 is 15.5 Å². The molecule has 4 heteroatoms. The van der Waals surface area contributed by atoms with Crippen LogP contribution in [0.3, 0.4) is 0 Å². The highest BCUT2D eigenvalue weighted by Gasteiger charge is 2.29. The molecule has 0 unspecified atom stereocenters. The predicted octanol–water partition coefficient (Wildman–Crippen LogP) is 2.43. The zero-order valence-electron chi connectivity index (χ0n) is 12.3. The van der Waals surface area contributed by atoms with E-state index in [0.717, 1.165) is 51.2 Å². The average molecular weight is 267 g/mol. The molecule has 1 saturated carbocycles. The maximum atomic E-state index is 12.7. The van der Waals surface area contributed by atoms with Gasteiger partial charge in [0.15, 0.2) is 0 Å². The number of nitrogens with zero attached hydrogens (tertiary/aromatic N) is 2. The first-order chi connectivity index (χ1) is 9.22. The van der Waals surface area contributed by atoms with Crippen molar-refractivity contribution < 1.29 is 4.79 Å². The summed E-state index contributed by atoms with van der Waals surface area (Å²) in [5.41, 5.74) is 5.71. The highest BCUT2D eigenvalue weighted by molar-refractivity contribution is 5.75. The van der Waals surface area contributed by atoms with E-state index < -0.39 is 0 Å². The number of amides is 2. The quantitative estimate of drug-likeness (QED) is 0.854. The molecule has 0 aromatic heterocycles. The summed E-state index contributed by atoms with van der Waals surface area (Å²) in [6.45, 7) is 5.42. The Labute approximate surface area is 117 Å². The lowest BCUT2D eigenvalue weighted by Crippen LogP contribution is -2.52. The average Bonchev–Trinajstić information content (AvgIpc) is 2.46. The van der Waals surface area contributed by atoms with Crippen LogP contribution in [0.5, 0.6) is 0 Å². The largest absolute Gasteiger partial charge is 0.329 e. The minimum atomic E-state index is 0.240. The summed E-state index contributed by atoms with van der Waals surface area (Å²) >= 11 is 0. The van der Waals surface area contributed by atoms with Crippen LogP contribution < -0.4 is 5.73 Å². The van der Waals surface area contributed by atoms with Gasteiger partial charge in [0, 0.05) is 32.2 Å². The number of rotatable bonds is 3. The molecule has 19 heavy (non-hydrogen) atoms. The van der Waals surface area contributed by atoms with Gasteiger partial charge >= 0.3 is 6.03 Å². The Morgan fingerprint density at radius 3 is 2.37 bits per heavy atom. The van der Waals surface area contributed by atoms with Crippen molar-refractivity contribution in [1.82, 2.24) is 9.80 Å². The second-order valence-corrected chi connectivity index (χ2v) is 6.23. The number of carbonyl (C=O) groups is 1. The van der Waals surface area contributed by atoms with Crippen molar-refractivity contribution in [2.45, 2.75) is 57.9 Å². The highest BCUT2D eigenvalue weighted by atomic mass is 16.2. The summed E-state index contributed by atoms with van der Waals surface area (Å²) in [7, 11) is 0. The molecule has 1 aliphatic heterocycles. The molecule has 0 bridgehead atoms. The highest BCUT2D eigenvalue weighted by Crippen LogP contribution is 2.25. The third-order valence-electron chi connectivity index (χ3n) is 4.69. The van der Waals surface area contributed by atoms with Crippen LogP contribution in [0.4, 0.5) is 4.79 Å². The second kappa shape index (κ2) is 7.13. The van der Waals surface area contributed by atoms with Crippen LogP contribution in [0.15, 0.2) is 0 Å². The van der Waals surface area contributed by atoms with Gasteiger partial charge in [-0.05, 0) is 31.6 Å². The Kier molecular flexibility index (Phi) is 5.49. The molecular weight excluding hydrogens is 238 g/mol. The van der Waals surface area contributed by atoms with Crippen LogP contribution in [0.1, 0.15) is 51.9 Å². The summed E-state index contributed by atoms with van der Waals surface area (Å²) in [6, 6.07) is 0.674. The molecule has 0 atom stereocenters. The van der Waals surface area contributed by atoms with Crippen molar-refractivity contribution in [2.24, 2.45) is 11.7 Å². The molecule has 0 spiro atoms. The van der Waals surface area contributed by atoms with Crippen molar-refractivity contribution in [3.63, 3.8) is 0 Å². The third-order valence-corrected chi connectivity index (χ3v) is 4.69. The molecule has 2 N–H and O–H groups in total. The molecule has 2 fully saturated rings. The fraction of sp³-hybridized carbons (Fsp3) is 0.933. The molecule has 110 valence electrons. The van der Waals surface area contributed by atoms with Crippen molar-refractivity contribution in [3.8, 4) is 0 Å². The smallest absolute Gasteiger partial charge is 0.320 e. The van der Waals surface area contributed by atoms with E-state index in [9.17, 15) is 4.79 Å². The lowest BCUT2D eigenvalue weighted by Gasteiger charge is -2.39. The van der Waals surface area contributed by atoms with Gasteiger partial charge in [-0.2, -0.15) is 0 Å². The molecule has 0 radical (unpaired) electrons. The Hall–Kier alpha value is -0.770. The molecule has 4 nitrogen and oxygen atoms in total. The first-order valence-electron chi connectivity index (χ1n) is 7.98. The molecule has 0 aromatic rings. The van der Waals surface area contributed by atoms with Crippen LogP contribution in [-0.4, -0.2) is 48.1 Å². The summed E-state index contributed by atoms with van der Waals surface area (Å²) in [6.07, 6.45) is 8.46. The summed E-state index contributed by atoms with van der Waals surface area (Å²) < 4.78 is 0. The molecule has 2 rings (SSSR count). The van der Waals surface area contributed by atoms with E-state index in [2.05, 4.69) is 11.8 Å². The molecule has 2 amide bonds. The fourth-order valence-corrected chi connectivity index (χ4v) is 3.35. The first-order valence-corrected chi connectivity index (χ1v) is 7.98. The minimum Gasteiger partial charge on any atom is -0.329 e. The Morgan fingerprint density at radius 2 is 1.79 bits per heavy atom. The fourth-order valence-electron chi connectivity index (χ4n) is 3.35. The monoisotopic (exact) mass is 267 g/mol. The second-order valence-electron chi connectivity index (χ2n) is 6.23. The van der Waals surface area contributed by atoms with Crippen LogP contribution >= 0.6 is 0 Å². The molecular formula is C15H29N3O. The van der Waals surface area contributed by atoms with Crippen LogP contribution in [-0.2, 0) is 0 Å². The van der Waals surface area contributed by atoms with Gasteiger partial charge in [0.2, 0.25) is 0 Å². The molecule has 1 aliphatic carbocycles. The lowest BCUT2D eigenvalue weighted by atomic mass is 9.94. The number of piperidine rings is 1. The molecule has 1 heterocycles. The Morgan fingerprint density at radius 1 is 1.16 bits per heavy atom.